The molecule has 17 aromatic carbocycles. The molecule has 0 aliphatic heterocycles. The molecule has 0 N–H and O–H groups in total. The SMILES string of the molecule is CC1(C)c2cc(-c3cccc(-c4ccc5c(c4)C(C)(C)c4cc(-c6cc(-c7ccc(-n8c9ccccc9c9ccccc98)cc7)nc(-c7ccc(-n8c9ccccc9c9ccccc98)cc7)c6)ccc4-5)c3)ccc2-c2ccc(-c3cc(-c4ccc(-n5c6ccccc6c6ccccc65)cc4)nc(-c4ccc(-n5c6ccccc6c6ccccc65)cc4)c3)cc21. The van der Waals surface area contributed by atoms with E-state index >= 15 is 0 Å². The fraction of sp³-hybridized carbons (Fsp3) is 0.0508. The van der Waals surface area contributed by atoms with Crippen LogP contribution >= 0.6 is 0 Å². The Morgan fingerprint density at radius 2 is 0.347 bits per heavy atom. The Labute approximate surface area is 718 Å². The van der Waals surface area contributed by atoms with E-state index in [-0.39, 0.29) is 10.8 Å². The van der Waals surface area contributed by atoms with Gasteiger partial charge in [-0.05, 0) is 241 Å². The molecule has 2 aliphatic carbocycles. The normalized spacial score (nSPS) is 13.1. The second kappa shape index (κ2) is 27.4. The van der Waals surface area contributed by atoms with E-state index in [2.05, 4.69) is 458 Å². The van der Waals surface area contributed by atoms with Crippen molar-refractivity contribution in [3.63, 3.8) is 0 Å². The lowest BCUT2D eigenvalue weighted by Gasteiger charge is -2.23. The van der Waals surface area contributed by atoms with E-state index in [1.807, 2.05) is 0 Å². The summed E-state index contributed by atoms with van der Waals surface area (Å²) in [5.74, 6) is 0. The summed E-state index contributed by atoms with van der Waals surface area (Å²) in [6.07, 6.45) is 0. The second-order valence-corrected chi connectivity index (χ2v) is 34.8. The monoisotopic (exact) mass is 1580 g/mol. The molecule has 0 radical (unpaired) electrons. The fourth-order valence-corrected chi connectivity index (χ4v) is 21.0. The summed E-state index contributed by atoms with van der Waals surface area (Å²) < 4.78 is 9.52. The Morgan fingerprint density at radius 1 is 0.161 bits per heavy atom. The lowest BCUT2D eigenvalue weighted by atomic mass is 9.80. The number of aromatic nitrogens is 6. The van der Waals surface area contributed by atoms with Crippen LogP contribution in [0.3, 0.4) is 0 Å². The Balaban J connectivity index is 0.528. The summed E-state index contributed by atoms with van der Waals surface area (Å²) in [6, 6.07) is 153. The van der Waals surface area contributed by atoms with Gasteiger partial charge in [-0.15, -0.1) is 0 Å². The van der Waals surface area contributed by atoms with Gasteiger partial charge in [-0.25, -0.2) is 9.97 Å². The lowest BCUT2D eigenvalue weighted by Crippen LogP contribution is -2.15. The molecule has 2 aliphatic rings. The van der Waals surface area contributed by atoms with E-state index in [1.165, 1.54) is 154 Å². The molecule has 25 rings (SSSR count). The highest BCUT2D eigenvalue weighted by Gasteiger charge is 2.38. The third-order valence-electron chi connectivity index (χ3n) is 27.2. The van der Waals surface area contributed by atoms with Crippen LogP contribution in [0.2, 0.25) is 0 Å². The van der Waals surface area contributed by atoms with Gasteiger partial charge in [-0.1, -0.05) is 289 Å². The summed E-state index contributed by atoms with van der Waals surface area (Å²) >= 11 is 0. The number of nitrogens with zero attached hydrogens (tertiary/aromatic N) is 6. The average molecular weight is 1580 g/mol. The minimum absolute atomic E-state index is 0.300. The zero-order valence-electron chi connectivity index (χ0n) is 68.9. The maximum Gasteiger partial charge on any atom is 0.0715 e. The summed E-state index contributed by atoms with van der Waals surface area (Å²) in [6.45, 7) is 9.62. The Hall–Kier alpha value is -15.8. The molecule has 0 spiro atoms. The first-order chi connectivity index (χ1) is 60.9. The molecule has 6 nitrogen and oxygen atoms in total. The smallest absolute Gasteiger partial charge is 0.0715 e. The van der Waals surface area contributed by atoms with Crippen LogP contribution in [0.5, 0.6) is 0 Å². The molecule has 582 valence electrons. The summed E-state index contributed by atoms with van der Waals surface area (Å²) in [5, 5.41) is 9.96. The van der Waals surface area contributed by atoms with Gasteiger partial charge in [0.05, 0.1) is 66.9 Å². The number of rotatable bonds is 12. The summed E-state index contributed by atoms with van der Waals surface area (Å²) in [7, 11) is 0. The summed E-state index contributed by atoms with van der Waals surface area (Å²) in [4.78, 5) is 11.1. The van der Waals surface area contributed by atoms with Crippen LogP contribution in [0, 0.1) is 0 Å². The molecule has 23 aromatic rings. The van der Waals surface area contributed by atoms with Gasteiger partial charge in [0.25, 0.3) is 0 Å². The van der Waals surface area contributed by atoms with Crippen LogP contribution in [0.25, 0.3) is 222 Å². The van der Waals surface area contributed by atoms with Crippen LogP contribution in [0.4, 0.5) is 0 Å². The number of benzene rings is 17. The van der Waals surface area contributed by atoms with Crippen LogP contribution in [-0.4, -0.2) is 28.2 Å². The van der Waals surface area contributed by atoms with Crippen molar-refractivity contribution in [3.8, 4) is 135 Å². The highest BCUT2D eigenvalue weighted by atomic mass is 15.0. The highest BCUT2D eigenvalue weighted by molar-refractivity contribution is 6.13. The molecule has 6 aromatic heterocycles. The van der Waals surface area contributed by atoms with E-state index < -0.39 is 0 Å². The van der Waals surface area contributed by atoms with Crippen molar-refractivity contribution in [1.29, 1.82) is 0 Å². The number of para-hydroxylation sites is 8. The van der Waals surface area contributed by atoms with E-state index in [0.717, 1.165) is 90.0 Å². The van der Waals surface area contributed by atoms with Crippen molar-refractivity contribution in [2.75, 3.05) is 0 Å². The second-order valence-electron chi connectivity index (χ2n) is 34.8. The first kappa shape index (κ1) is 71.2. The fourth-order valence-electron chi connectivity index (χ4n) is 21.0. The quantitative estimate of drug-likeness (QED) is 0.122. The predicted octanol–water partition coefficient (Wildman–Crippen LogP) is 30.8. The molecule has 0 saturated carbocycles. The molecule has 6 heterocycles. The van der Waals surface area contributed by atoms with Crippen molar-refractivity contribution in [3.05, 3.63) is 435 Å². The summed E-state index contributed by atoms with van der Waals surface area (Å²) in [5.41, 5.74) is 41.0. The molecule has 0 amide bonds. The minimum Gasteiger partial charge on any atom is -0.309 e. The first-order valence-corrected chi connectivity index (χ1v) is 43.1. The van der Waals surface area contributed by atoms with Crippen molar-refractivity contribution < 1.29 is 0 Å². The van der Waals surface area contributed by atoms with Crippen molar-refractivity contribution in [1.82, 2.24) is 28.2 Å². The Morgan fingerprint density at radius 3 is 0.565 bits per heavy atom. The maximum atomic E-state index is 5.56. The third-order valence-corrected chi connectivity index (χ3v) is 27.2. The minimum atomic E-state index is -0.300. The molecule has 0 unspecified atom stereocenters. The average Bonchev–Trinajstić information content (AvgIpc) is 1.57. The van der Waals surface area contributed by atoms with Gasteiger partial charge in [0, 0.05) is 98.9 Å². The van der Waals surface area contributed by atoms with E-state index in [9.17, 15) is 0 Å². The molecule has 0 atom stereocenters. The van der Waals surface area contributed by atoms with Crippen LogP contribution < -0.4 is 0 Å². The van der Waals surface area contributed by atoms with Crippen molar-refractivity contribution >= 4 is 87.2 Å². The van der Waals surface area contributed by atoms with Gasteiger partial charge in [0.1, 0.15) is 0 Å². The molecule has 6 heteroatoms. The molecular weight excluding hydrogens is 1500 g/mol. The molecule has 0 saturated heterocycles. The van der Waals surface area contributed by atoms with Crippen LogP contribution in [0.15, 0.2) is 413 Å². The highest BCUT2D eigenvalue weighted by Crippen LogP contribution is 2.54. The largest absolute Gasteiger partial charge is 0.309 e. The van der Waals surface area contributed by atoms with Crippen molar-refractivity contribution in [2.45, 2.75) is 38.5 Å². The number of hydrogen-bond acceptors (Lipinski definition) is 2. The molecular formula is C118H80N6. The van der Waals surface area contributed by atoms with E-state index in [0.29, 0.717) is 0 Å². The van der Waals surface area contributed by atoms with Crippen molar-refractivity contribution in [2.24, 2.45) is 0 Å². The predicted molar refractivity (Wildman–Crippen MR) is 518 cm³/mol. The van der Waals surface area contributed by atoms with Gasteiger partial charge in [0.2, 0.25) is 0 Å². The zero-order valence-corrected chi connectivity index (χ0v) is 68.9. The third kappa shape index (κ3) is 11.1. The lowest BCUT2D eigenvalue weighted by molar-refractivity contribution is 0.660. The standard InChI is InChI=1S/C118H80N6/c1-117(2)101-65-79(48-60-89(101)91-62-50-81(67-103(91)117)83-69-105(73-40-52-85(53-41-73)121-109-32-13-5-24-93(109)94-25-6-14-33-110(94)121)119-106(70-83)74-42-54-86(55-43-74)122-111-34-15-7-26-95(111)96-27-8-16-35-112(96)122)77-22-21-23-78(64-77)80-49-61-90-92-63-51-82(68-104(92)118(3,4)102(90)66-80)84-71-107(75-44-56-87(57-45-75)123-113-36-17-9-28-97(113)98-29-10-18-37-114(98)123)120-108(72-84)76-46-58-88(59-47-76)124-115-38-19-11-30-99(115)100-31-12-20-39-116(100)124/h5-72H,1-4H3. The van der Waals surface area contributed by atoms with Gasteiger partial charge < -0.3 is 18.3 Å². The van der Waals surface area contributed by atoms with Gasteiger partial charge in [-0.2, -0.15) is 0 Å². The van der Waals surface area contributed by atoms with Gasteiger partial charge in [0.15, 0.2) is 0 Å². The van der Waals surface area contributed by atoms with Crippen LogP contribution in [-0.2, 0) is 10.8 Å². The van der Waals surface area contributed by atoms with E-state index in [1.54, 1.807) is 0 Å². The number of fused-ring (bicyclic) bond motifs is 18. The Bertz CT molecular complexity index is 7340. The first-order valence-electron chi connectivity index (χ1n) is 43.1. The maximum absolute atomic E-state index is 5.56. The molecule has 124 heavy (non-hydrogen) atoms. The topological polar surface area (TPSA) is 45.5 Å². The van der Waals surface area contributed by atoms with E-state index in [4.69, 9.17) is 9.97 Å². The molecule has 0 bridgehead atoms. The number of pyridine rings is 2. The van der Waals surface area contributed by atoms with Gasteiger partial charge in [-0.3, -0.25) is 0 Å². The number of hydrogen-bond donors (Lipinski definition) is 0. The van der Waals surface area contributed by atoms with Gasteiger partial charge >= 0.3 is 0 Å². The van der Waals surface area contributed by atoms with Crippen LogP contribution in [0.1, 0.15) is 49.9 Å². The zero-order chi connectivity index (χ0) is 82.2. The Kier molecular flexibility index (Phi) is 15.7. The molecule has 0 fully saturated rings.